The van der Waals surface area contributed by atoms with Crippen molar-refractivity contribution in [1.82, 2.24) is 0 Å². The van der Waals surface area contributed by atoms with E-state index >= 15 is 0 Å². The quantitative estimate of drug-likeness (QED) is 0.546. The maximum absolute atomic E-state index is 12.7. The fourth-order valence-corrected chi connectivity index (χ4v) is 3.36. The third kappa shape index (κ3) is 2.88. The lowest BCUT2D eigenvalue weighted by Gasteiger charge is -2.17. The molecule has 3 aromatic carbocycles. The molecule has 3 aromatic rings. The molecule has 1 aliphatic rings. The van der Waals surface area contributed by atoms with Crippen LogP contribution in [0, 0.1) is 10.1 Å². The Morgan fingerprint density at radius 3 is 2.63 bits per heavy atom. The molecule has 1 aliphatic heterocycles. The number of halogens is 1. The van der Waals surface area contributed by atoms with E-state index in [1.165, 1.54) is 23.1 Å². The molecule has 27 heavy (non-hydrogen) atoms. The number of benzene rings is 3. The minimum Gasteiger partial charge on any atom is -0.323 e. The van der Waals surface area contributed by atoms with E-state index in [-0.39, 0.29) is 28.8 Å². The van der Waals surface area contributed by atoms with E-state index in [1.807, 2.05) is 18.2 Å². The molecule has 7 nitrogen and oxygen atoms in total. The van der Waals surface area contributed by atoms with Crippen LogP contribution in [0.5, 0.6) is 0 Å². The van der Waals surface area contributed by atoms with Crippen LogP contribution in [0.25, 0.3) is 10.8 Å². The second-order valence-electron chi connectivity index (χ2n) is 6.04. The molecule has 0 spiro atoms. The van der Waals surface area contributed by atoms with Crippen LogP contribution in [-0.2, 0) is 4.79 Å². The molecule has 8 heteroatoms. The van der Waals surface area contributed by atoms with E-state index in [4.69, 9.17) is 11.6 Å². The molecule has 0 bridgehead atoms. The zero-order chi connectivity index (χ0) is 19.1. The molecule has 0 aromatic heterocycles. The number of amides is 2. The number of nitro benzene ring substituents is 1. The summed E-state index contributed by atoms with van der Waals surface area (Å²) in [4.78, 5) is 36.9. The smallest absolute Gasteiger partial charge is 0.271 e. The lowest BCUT2D eigenvalue weighted by molar-refractivity contribution is -0.384. The van der Waals surface area contributed by atoms with Gasteiger partial charge in [-0.1, -0.05) is 35.9 Å². The highest BCUT2D eigenvalue weighted by Crippen LogP contribution is 2.37. The van der Waals surface area contributed by atoms with Gasteiger partial charge in [0.1, 0.15) is 6.54 Å². The van der Waals surface area contributed by atoms with Crippen LogP contribution in [0.15, 0.2) is 54.6 Å². The molecule has 134 valence electrons. The largest absolute Gasteiger partial charge is 0.323 e. The van der Waals surface area contributed by atoms with Crippen molar-refractivity contribution in [3.8, 4) is 0 Å². The third-order valence-corrected chi connectivity index (χ3v) is 4.72. The molecule has 0 aliphatic carbocycles. The van der Waals surface area contributed by atoms with Crippen molar-refractivity contribution >= 4 is 51.2 Å². The third-order valence-electron chi connectivity index (χ3n) is 4.39. The van der Waals surface area contributed by atoms with Crippen molar-refractivity contribution in [2.24, 2.45) is 0 Å². The fourth-order valence-electron chi connectivity index (χ4n) is 3.19. The van der Waals surface area contributed by atoms with Gasteiger partial charge in [0.2, 0.25) is 5.91 Å². The van der Waals surface area contributed by atoms with E-state index in [0.717, 1.165) is 10.8 Å². The molecule has 1 heterocycles. The highest BCUT2D eigenvalue weighted by Gasteiger charge is 2.31. The highest BCUT2D eigenvalue weighted by atomic mass is 35.5. The summed E-state index contributed by atoms with van der Waals surface area (Å²) >= 11 is 6.01. The van der Waals surface area contributed by atoms with E-state index in [2.05, 4.69) is 5.32 Å². The Labute approximate surface area is 158 Å². The summed E-state index contributed by atoms with van der Waals surface area (Å²) in [5.74, 6) is -0.766. The van der Waals surface area contributed by atoms with Crippen LogP contribution in [0.4, 0.5) is 17.1 Å². The minimum atomic E-state index is -0.576. The second kappa shape index (κ2) is 6.37. The first-order valence-corrected chi connectivity index (χ1v) is 8.41. The van der Waals surface area contributed by atoms with Gasteiger partial charge in [0.05, 0.1) is 21.3 Å². The molecule has 4 rings (SSSR count). The summed E-state index contributed by atoms with van der Waals surface area (Å²) in [6.45, 7) is -0.231. The van der Waals surface area contributed by atoms with Crippen molar-refractivity contribution < 1.29 is 14.5 Å². The Morgan fingerprint density at radius 1 is 1.15 bits per heavy atom. The van der Waals surface area contributed by atoms with Gasteiger partial charge in [0.25, 0.3) is 11.6 Å². The van der Waals surface area contributed by atoms with Crippen molar-refractivity contribution in [3.63, 3.8) is 0 Å². The number of carbonyl (C=O) groups is 2. The summed E-state index contributed by atoms with van der Waals surface area (Å²) in [5, 5.41) is 15.3. The molecule has 1 N–H and O–H groups in total. The van der Waals surface area contributed by atoms with Crippen molar-refractivity contribution in [1.29, 1.82) is 0 Å². The Balaban J connectivity index is 1.60. The SMILES string of the molecule is O=C(CN1C(=O)c2cccc3cccc1c23)Nc1cc([N+](=O)[O-])ccc1Cl. The zero-order valence-electron chi connectivity index (χ0n) is 13.8. The van der Waals surface area contributed by atoms with Crippen molar-refractivity contribution in [3.05, 3.63) is 75.3 Å². The van der Waals surface area contributed by atoms with Crippen LogP contribution in [0.3, 0.4) is 0 Å². The number of nitrogens with one attached hydrogen (secondary N) is 1. The topological polar surface area (TPSA) is 92.6 Å². The maximum Gasteiger partial charge on any atom is 0.271 e. The molecular formula is C19H12ClN3O4. The van der Waals surface area contributed by atoms with E-state index < -0.39 is 10.8 Å². The van der Waals surface area contributed by atoms with Crippen LogP contribution in [0.2, 0.25) is 5.02 Å². The molecule has 0 saturated heterocycles. The van der Waals surface area contributed by atoms with Crippen molar-refractivity contribution in [2.75, 3.05) is 16.8 Å². The molecule has 0 radical (unpaired) electrons. The first-order valence-electron chi connectivity index (χ1n) is 8.03. The van der Waals surface area contributed by atoms with Gasteiger partial charge in [0.15, 0.2) is 0 Å². The van der Waals surface area contributed by atoms with Crippen LogP contribution >= 0.6 is 11.6 Å². The van der Waals surface area contributed by atoms with Gasteiger partial charge in [-0.2, -0.15) is 0 Å². The van der Waals surface area contributed by atoms with E-state index in [1.54, 1.807) is 18.2 Å². The number of carbonyl (C=O) groups excluding carboxylic acids is 2. The number of non-ortho nitro benzene ring substituents is 1. The molecule has 2 amide bonds. The number of nitro groups is 1. The zero-order valence-corrected chi connectivity index (χ0v) is 14.6. The predicted molar refractivity (Wildman–Crippen MR) is 102 cm³/mol. The molecule has 0 fully saturated rings. The number of rotatable bonds is 4. The lowest BCUT2D eigenvalue weighted by atomic mass is 10.1. The monoisotopic (exact) mass is 381 g/mol. The summed E-state index contributed by atoms with van der Waals surface area (Å²) in [6.07, 6.45) is 0. The van der Waals surface area contributed by atoms with Gasteiger partial charge in [-0.15, -0.1) is 0 Å². The number of nitrogens with zero attached hydrogens (tertiary/aromatic N) is 2. The average molecular weight is 382 g/mol. The molecular weight excluding hydrogens is 370 g/mol. The summed E-state index contributed by atoms with van der Waals surface area (Å²) in [6, 6.07) is 14.7. The molecule has 0 atom stereocenters. The number of hydrogen-bond donors (Lipinski definition) is 1. The Kier molecular flexibility index (Phi) is 4.01. The van der Waals surface area contributed by atoms with Crippen LogP contribution in [0.1, 0.15) is 10.4 Å². The van der Waals surface area contributed by atoms with E-state index in [0.29, 0.717) is 11.3 Å². The Bertz CT molecular complexity index is 1120. The highest BCUT2D eigenvalue weighted by molar-refractivity contribution is 6.34. The summed E-state index contributed by atoms with van der Waals surface area (Å²) in [7, 11) is 0. The normalized spacial score (nSPS) is 12.5. The maximum atomic E-state index is 12.7. The summed E-state index contributed by atoms with van der Waals surface area (Å²) in [5.41, 5.74) is 1.14. The Hall–Kier alpha value is -3.45. The molecule has 0 unspecified atom stereocenters. The van der Waals surface area contributed by atoms with Gasteiger partial charge in [-0.3, -0.25) is 24.6 Å². The minimum absolute atomic E-state index is 0.123. The van der Waals surface area contributed by atoms with Crippen LogP contribution < -0.4 is 10.2 Å². The summed E-state index contributed by atoms with van der Waals surface area (Å²) < 4.78 is 0. The Morgan fingerprint density at radius 2 is 1.89 bits per heavy atom. The average Bonchev–Trinajstić information content (AvgIpc) is 2.91. The van der Waals surface area contributed by atoms with Gasteiger partial charge in [-0.25, -0.2) is 0 Å². The van der Waals surface area contributed by atoms with E-state index in [9.17, 15) is 19.7 Å². The van der Waals surface area contributed by atoms with Crippen molar-refractivity contribution in [2.45, 2.75) is 0 Å². The first kappa shape index (κ1) is 17.0. The number of anilines is 2. The lowest BCUT2D eigenvalue weighted by Crippen LogP contribution is -2.35. The van der Waals surface area contributed by atoms with Gasteiger partial charge in [0, 0.05) is 23.1 Å². The fraction of sp³-hybridized carbons (Fsp3) is 0.0526. The standard InChI is InChI=1S/C19H12ClN3O4/c20-14-8-7-12(23(26)27)9-15(14)21-17(24)10-22-16-6-2-4-11-3-1-5-13(18(11)16)19(22)25/h1-9H,10H2,(H,21,24). The van der Waals surface area contributed by atoms with Crippen LogP contribution in [-0.4, -0.2) is 23.3 Å². The number of hydrogen-bond acceptors (Lipinski definition) is 4. The predicted octanol–water partition coefficient (Wildman–Crippen LogP) is 4.00. The van der Waals surface area contributed by atoms with Gasteiger partial charge < -0.3 is 5.32 Å². The second-order valence-corrected chi connectivity index (χ2v) is 6.45. The first-order chi connectivity index (χ1) is 13.0. The van der Waals surface area contributed by atoms with Gasteiger partial charge >= 0.3 is 0 Å². The molecule has 0 saturated carbocycles. The van der Waals surface area contributed by atoms with Gasteiger partial charge in [-0.05, 0) is 23.6 Å².